The number of benzene rings is 1. The predicted molar refractivity (Wildman–Crippen MR) is 60.4 cm³/mol. The number of nitrogens with two attached hydrogens (primary N) is 1. The van der Waals surface area contributed by atoms with Crippen LogP contribution in [0, 0.1) is 0 Å². The molecule has 84 valence electrons. The van der Waals surface area contributed by atoms with Crippen molar-refractivity contribution in [2.45, 2.75) is 32.1 Å². The van der Waals surface area contributed by atoms with Gasteiger partial charge in [-0.1, -0.05) is 24.3 Å². The third-order valence-corrected chi connectivity index (χ3v) is 2.31. The molecule has 3 heteroatoms. The molecule has 0 saturated heterocycles. The fourth-order valence-corrected chi connectivity index (χ4v) is 1.39. The monoisotopic (exact) mass is 209 g/mol. The van der Waals surface area contributed by atoms with Crippen molar-refractivity contribution in [3.05, 3.63) is 35.4 Å². The predicted octanol–water partition coefficient (Wildman–Crippen LogP) is 1.60. The van der Waals surface area contributed by atoms with Gasteiger partial charge in [-0.2, -0.15) is 0 Å². The molecule has 0 saturated carbocycles. The summed E-state index contributed by atoms with van der Waals surface area (Å²) in [5, 5.41) is 9.92. The Kier molecular flexibility index (Phi) is 3.85. The summed E-state index contributed by atoms with van der Waals surface area (Å²) in [5.74, 6) is 0. The first-order valence-electron chi connectivity index (χ1n) is 5.00. The highest BCUT2D eigenvalue weighted by Gasteiger charge is 2.23. The molecule has 0 heterocycles. The Morgan fingerprint density at radius 3 is 2.27 bits per heavy atom. The van der Waals surface area contributed by atoms with E-state index >= 15 is 0 Å². The molecule has 0 aromatic heterocycles. The largest absolute Gasteiger partial charge is 0.387 e. The van der Waals surface area contributed by atoms with Gasteiger partial charge in [0.1, 0.15) is 0 Å². The zero-order chi connectivity index (χ0) is 11.5. The molecule has 0 aliphatic heterocycles. The Morgan fingerprint density at radius 2 is 1.87 bits per heavy atom. The van der Waals surface area contributed by atoms with E-state index in [0.29, 0.717) is 6.61 Å². The number of aliphatic hydroxyl groups excluding tert-OH is 1. The minimum absolute atomic E-state index is 0.586. The van der Waals surface area contributed by atoms with Gasteiger partial charge in [0.2, 0.25) is 0 Å². The van der Waals surface area contributed by atoms with Crippen LogP contribution in [0.4, 0.5) is 0 Å². The van der Waals surface area contributed by atoms with Crippen molar-refractivity contribution in [1.29, 1.82) is 0 Å². The van der Waals surface area contributed by atoms with E-state index in [4.69, 9.17) is 10.5 Å². The van der Waals surface area contributed by atoms with Gasteiger partial charge in [0, 0.05) is 12.6 Å². The standard InChI is InChI=1S/C12H19NO2/c1-12(2,13)11(14)10-6-4-9(5-7-10)8-15-3/h4-7,11,14H,8,13H2,1-3H3. The lowest BCUT2D eigenvalue weighted by atomic mass is 9.92. The first kappa shape index (κ1) is 12.2. The maximum atomic E-state index is 9.92. The SMILES string of the molecule is COCc1ccc(C(O)C(C)(C)N)cc1. The third kappa shape index (κ3) is 3.30. The number of hydrogen-bond acceptors (Lipinski definition) is 3. The molecule has 0 spiro atoms. The Balaban J connectivity index is 2.80. The lowest BCUT2D eigenvalue weighted by molar-refractivity contribution is 0.104. The average Bonchev–Trinajstić information content (AvgIpc) is 2.17. The second kappa shape index (κ2) is 4.75. The van der Waals surface area contributed by atoms with Crippen LogP contribution in [0.1, 0.15) is 31.1 Å². The zero-order valence-electron chi connectivity index (χ0n) is 9.53. The molecule has 3 nitrogen and oxygen atoms in total. The molecular formula is C12H19NO2. The normalized spacial score (nSPS) is 13.9. The number of rotatable bonds is 4. The van der Waals surface area contributed by atoms with E-state index in [1.54, 1.807) is 21.0 Å². The second-order valence-corrected chi connectivity index (χ2v) is 4.40. The number of ether oxygens (including phenoxy) is 1. The molecule has 0 aliphatic carbocycles. The van der Waals surface area contributed by atoms with Gasteiger partial charge in [0.15, 0.2) is 0 Å². The highest BCUT2D eigenvalue weighted by molar-refractivity contribution is 5.25. The molecule has 1 aromatic rings. The summed E-state index contributed by atoms with van der Waals surface area (Å²) in [6.07, 6.45) is -0.644. The van der Waals surface area contributed by atoms with E-state index in [0.717, 1.165) is 11.1 Å². The van der Waals surface area contributed by atoms with Crippen molar-refractivity contribution in [2.24, 2.45) is 5.73 Å². The van der Waals surface area contributed by atoms with Gasteiger partial charge < -0.3 is 15.6 Å². The van der Waals surface area contributed by atoms with E-state index in [1.807, 2.05) is 24.3 Å². The molecule has 0 bridgehead atoms. The van der Waals surface area contributed by atoms with E-state index < -0.39 is 11.6 Å². The summed E-state index contributed by atoms with van der Waals surface area (Å²) >= 11 is 0. The van der Waals surface area contributed by atoms with Crippen molar-refractivity contribution in [3.63, 3.8) is 0 Å². The first-order chi connectivity index (χ1) is 6.95. The second-order valence-electron chi connectivity index (χ2n) is 4.40. The van der Waals surface area contributed by atoms with Crippen LogP contribution in [-0.2, 0) is 11.3 Å². The quantitative estimate of drug-likeness (QED) is 0.792. The van der Waals surface area contributed by atoms with Crippen LogP contribution in [-0.4, -0.2) is 17.8 Å². The van der Waals surface area contributed by atoms with Crippen LogP contribution >= 0.6 is 0 Å². The number of methoxy groups -OCH3 is 1. The lowest BCUT2D eigenvalue weighted by Crippen LogP contribution is -2.39. The van der Waals surface area contributed by atoms with E-state index in [1.165, 1.54) is 0 Å². The summed E-state index contributed by atoms with van der Waals surface area (Å²) in [5.41, 5.74) is 7.13. The first-order valence-corrected chi connectivity index (χ1v) is 5.00. The fraction of sp³-hybridized carbons (Fsp3) is 0.500. The lowest BCUT2D eigenvalue weighted by Gasteiger charge is -2.26. The van der Waals surface area contributed by atoms with Gasteiger partial charge in [-0.3, -0.25) is 0 Å². The van der Waals surface area contributed by atoms with Crippen molar-refractivity contribution >= 4 is 0 Å². The molecule has 0 fully saturated rings. The molecule has 1 unspecified atom stereocenters. The van der Waals surface area contributed by atoms with Crippen molar-refractivity contribution in [1.82, 2.24) is 0 Å². The summed E-state index contributed by atoms with van der Waals surface area (Å²) in [6.45, 7) is 4.20. The van der Waals surface area contributed by atoms with Crippen LogP contribution < -0.4 is 5.73 Å². The van der Waals surface area contributed by atoms with E-state index in [9.17, 15) is 5.11 Å². The van der Waals surface area contributed by atoms with E-state index in [-0.39, 0.29) is 0 Å². The van der Waals surface area contributed by atoms with Crippen molar-refractivity contribution in [2.75, 3.05) is 7.11 Å². The number of hydrogen-bond donors (Lipinski definition) is 2. The topological polar surface area (TPSA) is 55.5 Å². The minimum atomic E-state index is -0.644. The summed E-state index contributed by atoms with van der Waals surface area (Å²) < 4.78 is 5.01. The fourth-order valence-electron chi connectivity index (χ4n) is 1.39. The molecule has 15 heavy (non-hydrogen) atoms. The van der Waals surface area contributed by atoms with Gasteiger partial charge >= 0.3 is 0 Å². The van der Waals surface area contributed by atoms with Gasteiger partial charge in [-0.25, -0.2) is 0 Å². The van der Waals surface area contributed by atoms with Crippen LogP contribution in [0.2, 0.25) is 0 Å². The Bertz CT molecular complexity index is 300. The van der Waals surface area contributed by atoms with Crippen LogP contribution in [0.5, 0.6) is 0 Å². The molecule has 0 aliphatic rings. The van der Waals surface area contributed by atoms with Crippen LogP contribution in [0.3, 0.4) is 0 Å². The smallest absolute Gasteiger partial charge is 0.0963 e. The average molecular weight is 209 g/mol. The van der Waals surface area contributed by atoms with E-state index in [2.05, 4.69) is 0 Å². The van der Waals surface area contributed by atoms with Crippen LogP contribution in [0.25, 0.3) is 0 Å². The molecule has 0 amide bonds. The highest BCUT2D eigenvalue weighted by atomic mass is 16.5. The molecular weight excluding hydrogens is 190 g/mol. The Labute approximate surface area is 90.9 Å². The maximum absolute atomic E-state index is 9.92. The van der Waals surface area contributed by atoms with Gasteiger partial charge in [-0.15, -0.1) is 0 Å². The number of aliphatic hydroxyl groups is 1. The molecule has 1 rings (SSSR count). The summed E-state index contributed by atoms with van der Waals surface area (Å²) in [7, 11) is 1.66. The minimum Gasteiger partial charge on any atom is -0.387 e. The molecule has 1 atom stereocenters. The Morgan fingerprint density at radius 1 is 1.33 bits per heavy atom. The van der Waals surface area contributed by atoms with Gasteiger partial charge in [0.05, 0.1) is 12.7 Å². The van der Waals surface area contributed by atoms with Crippen molar-refractivity contribution in [3.8, 4) is 0 Å². The third-order valence-electron chi connectivity index (χ3n) is 2.31. The summed E-state index contributed by atoms with van der Waals surface area (Å²) in [6, 6.07) is 7.64. The molecule has 3 N–H and O–H groups in total. The summed E-state index contributed by atoms with van der Waals surface area (Å²) in [4.78, 5) is 0. The van der Waals surface area contributed by atoms with Gasteiger partial charge in [0.25, 0.3) is 0 Å². The van der Waals surface area contributed by atoms with Crippen LogP contribution in [0.15, 0.2) is 24.3 Å². The van der Waals surface area contributed by atoms with Gasteiger partial charge in [-0.05, 0) is 25.0 Å². The highest BCUT2D eigenvalue weighted by Crippen LogP contribution is 2.23. The Hall–Kier alpha value is -0.900. The van der Waals surface area contributed by atoms with Crippen molar-refractivity contribution < 1.29 is 9.84 Å². The zero-order valence-corrected chi connectivity index (χ0v) is 9.53. The molecule has 1 aromatic carbocycles. The maximum Gasteiger partial charge on any atom is 0.0963 e. The molecule has 0 radical (unpaired) electrons.